The molecule has 0 saturated carbocycles. The molecule has 3 heteroatoms. The van der Waals surface area contributed by atoms with E-state index in [2.05, 4.69) is 12.1 Å². The van der Waals surface area contributed by atoms with Crippen molar-refractivity contribution < 1.29 is 9.47 Å². The predicted octanol–water partition coefficient (Wildman–Crippen LogP) is 3.55. The highest BCUT2D eigenvalue weighted by Crippen LogP contribution is 2.32. The van der Waals surface area contributed by atoms with Crippen molar-refractivity contribution in [1.82, 2.24) is 0 Å². The van der Waals surface area contributed by atoms with Crippen LogP contribution in [-0.2, 0) is 0 Å². The van der Waals surface area contributed by atoms with Crippen molar-refractivity contribution in [2.45, 2.75) is 19.4 Å². The summed E-state index contributed by atoms with van der Waals surface area (Å²) < 4.78 is 11.7. The van der Waals surface area contributed by atoms with E-state index in [1.807, 2.05) is 49.4 Å². The Hall–Kier alpha value is -2.00. The first kappa shape index (κ1) is 14.4. The summed E-state index contributed by atoms with van der Waals surface area (Å²) in [6.07, 6.45) is 0.715. The number of benzene rings is 2. The summed E-state index contributed by atoms with van der Waals surface area (Å²) in [6.45, 7) is 3.16. The third-order valence-corrected chi connectivity index (χ3v) is 3.02. The van der Waals surface area contributed by atoms with Crippen LogP contribution in [0.4, 0.5) is 0 Å². The van der Waals surface area contributed by atoms with E-state index in [-0.39, 0.29) is 6.10 Å². The van der Waals surface area contributed by atoms with Crippen LogP contribution in [0.2, 0.25) is 0 Å². The number of para-hydroxylation sites is 2. The third kappa shape index (κ3) is 3.75. The molecule has 0 radical (unpaired) electrons. The molecular weight excluding hydrogens is 250 g/mol. The lowest BCUT2D eigenvalue weighted by Gasteiger charge is -2.20. The Kier molecular flexibility index (Phi) is 5.44. The second kappa shape index (κ2) is 7.56. The summed E-state index contributed by atoms with van der Waals surface area (Å²) in [7, 11) is 0. The lowest BCUT2D eigenvalue weighted by atomic mass is 10.1. The van der Waals surface area contributed by atoms with Gasteiger partial charge in [-0.05, 0) is 31.2 Å². The summed E-state index contributed by atoms with van der Waals surface area (Å²) in [5.41, 5.74) is 6.83. The molecule has 0 amide bonds. The van der Waals surface area contributed by atoms with Crippen LogP contribution in [0.1, 0.15) is 25.0 Å². The van der Waals surface area contributed by atoms with Crippen LogP contribution in [0.15, 0.2) is 54.6 Å². The zero-order chi connectivity index (χ0) is 14.2. The van der Waals surface area contributed by atoms with E-state index >= 15 is 0 Å². The highest BCUT2D eigenvalue weighted by Gasteiger charge is 2.14. The molecule has 0 aliphatic heterocycles. The minimum atomic E-state index is -0.0530. The topological polar surface area (TPSA) is 44.5 Å². The smallest absolute Gasteiger partial charge is 0.162 e. The van der Waals surface area contributed by atoms with Gasteiger partial charge in [-0.15, -0.1) is 0 Å². The van der Waals surface area contributed by atoms with E-state index in [0.29, 0.717) is 13.2 Å². The molecule has 0 bridgehead atoms. The summed E-state index contributed by atoms with van der Waals surface area (Å²) >= 11 is 0. The molecule has 2 rings (SSSR count). The van der Waals surface area contributed by atoms with Crippen LogP contribution in [0.3, 0.4) is 0 Å². The molecule has 20 heavy (non-hydrogen) atoms. The first-order valence-electron chi connectivity index (χ1n) is 6.98. The largest absolute Gasteiger partial charge is 0.490 e. The van der Waals surface area contributed by atoms with Gasteiger partial charge in [0, 0.05) is 6.42 Å². The van der Waals surface area contributed by atoms with Crippen molar-refractivity contribution in [3.05, 3.63) is 60.2 Å². The van der Waals surface area contributed by atoms with E-state index < -0.39 is 0 Å². The van der Waals surface area contributed by atoms with Crippen molar-refractivity contribution in [3.63, 3.8) is 0 Å². The lowest BCUT2D eigenvalue weighted by Crippen LogP contribution is -2.13. The van der Waals surface area contributed by atoms with Gasteiger partial charge in [0.05, 0.1) is 6.61 Å². The van der Waals surface area contributed by atoms with Crippen LogP contribution >= 0.6 is 0 Å². The first-order valence-corrected chi connectivity index (χ1v) is 6.98. The lowest BCUT2D eigenvalue weighted by molar-refractivity contribution is 0.186. The van der Waals surface area contributed by atoms with E-state index in [0.717, 1.165) is 23.5 Å². The van der Waals surface area contributed by atoms with Gasteiger partial charge in [-0.2, -0.15) is 0 Å². The van der Waals surface area contributed by atoms with Gasteiger partial charge in [0.2, 0.25) is 0 Å². The summed E-state index contributed by atoms with van der Waals surface area (Å²) in [5.74, 6) is 1.53. The molecule has 3 nitrogen and oxygen atoms in total. The zero-order valence-electron chi connectivity index (χ0n) is 11.8. The van der Waals surface area contributed by atoms with Crippen molar-refractivity contribution >= 4 is 0 Å². The number of rotatable bonds is 7. The van der Waals surface area contributed by atoms with Crippen LogP contribution < -0.4 is 15.2 Å². The first-order chi connectivity index (χ1) is 9.85. The van der Waals surface area contributed by atoms with Gasteiger partial charge in [-0.25, -0.2) is 0 Å². The summed E-state index contributed by atoms with van der Waals surface area (Å²) in [6, 6.07) is 17.9. The third-order valence-electron chi connectivity index (χ3n) is 3.02. The monoisotopic (exact) mass is 271 g/mol. The molecular formula is C17H21NO2. The van der Waals surface area contributed by atoms with Crippen LogP contribution in [0, 0.1) is 0 Å². The van der Waals surface area contributed by atoms with Crippen LogP contribution in [0.25, 0.3) is 0 Å². The average Bonchev–Trinajstić information content (AvgIpc) is 2.50. The maximum atomic E-state index is 6.12. The zero-order valence-corrected chi connectivity index (χ0v) is 11.8. The second-order valence-electron chi connectivity index (χ2n) is 4.47. The molecule has 0 spiro atoms. The molecule has 0 fully saturated rings. The molecule has 2 N–H and O–H groups in total. The van der Waals surface area contributed by atoms with Crippen molar-refractivity contribution in [2.24, 2.45) is 5.73 Å². The summed E-state index contributed by atoms with van der Waals surface area (Å²) in [4.78, 5) is 0. The quantitative estimate of drug-likeness (QED) is 0.837. The van der Waals surface area contributed by atoms with Crippen molar-refractivity contribution in [2.75, 3.05) is 13.2 Å². The average molecular weight is 271 g/mol. The van der Waals surface area contributed by atoms with Gasteiger partial charge in [-0.1, -0.05) is 42.5 Å². The molecule has 2 aromatic carbocycles. The SMILES string of the molecule is CCOc1ccccc1OC(CCN)c1ccccc1. The Balaban J connectivity index is 2.20. The fourth-order valence-corrected chi connectivity index (χ4v) is 2.09. The molecule has 1 unspecified atom stereocenters. The fourth-order valence-electron chi connectivity index (χ4n) is 2.09. The number of hydrogen-bond acceptors (Lipinski definition) is 3. The Morgan fingerprint density at radius 1 is 0.950 bits per heavy atom. The molecule has 0 saturated heterocycles. The number of nitrogens with two attached hydrogens (primary N) is 1. The maximum absolute atomic E-state index is 6.12. The van der Waals surface area contributed by atoms with Crippen LogP contribution in [0.5, 0.6) is 11.5 Å². The van der Waals surface area contributed by atoms with E-state index in [1.165, 1.54) is 0 Å². The van der Waals surface area contributed by atoms with Gasteiger partial charge in [-0.3, -0.25) is 0 Å². The minimum Gasteiger partial charge on any atom is -0.490 e. The minimum absolute atomic E-state index is 0.0530. The van der Waals surface area contributed by atoms with Gasteiger partial charge in [0.1, 0.15) is 6.10 Å². The Bertz CT molecular complexity index is 513. The normalized spacial score (nSPS) is 11.9. The van der Waals surface area contributed by atoms with Crippen molar-refractivity contribution in [1.29, 1.82) is 0 Å². The van der Waals surface area contributed by atoms with Gasteiger partial charge >= 0.3 is 0 Å². The second-order valence-corrected chi connectivity index (χ2v) is 4.47. The highest BCUT2D eigenvalue weighted by molar-refractivity contribution is 5.40. The van der Waals surface area contributed by atoms with E-state index in [1.54, 1.807) is 0 Å². The number of ether oxygens (including phenoxy) is 2. The Morgan fingerprint density at radius 3 is 2.25 bits per heavy atom. The molecule has 1 atom stereocenters. The fraction of sp³-hybridized carbons (Fsp3) is 0.294. The Labute approximate surface area is 120 Å². The number of hydrogen-bond donors (Lipinski definition) is 1. The molecule has 106 valence electrons. The van der Waals surface area contributed by atoms with Gasteiger partial charge in [0.15, 0.2) is 11.5 Å². The highest BCUT2D eigenvalue weighted by atomic mass is 16.5. The maximum Gasteiger partial charge on any atom is 0.162 e. The van der Waals surface area contributed by atoms with E-state index in [9.17, 15) is 0 Å². The Morgan fingerprint density at radius 2 is 1.60 bits per heavy atom. The van der Waals surface area contributed by atoms with Crippen LogP contribution in [-0.4, -0.2) is 13.2 Å². The molecule has 2 aromatic rings. The predicted molar refractivity (Wildman–Crippen MR) is 81.1 cm³/mol. The standard InChI is InChI=1S/C17H21NO2/c1-2-19-16-10-6-7-11-17(16)20-15(12-13-18)14-8-4-3-5-9-14/h3-11,15H,2,12-13,18H2,1H3. The molecule has 0 aromatic heterocycles. The van der Waals surface area contributed by atoms with Gasteiger partial charge in [0.25, 0.3) is 0 Å². The molecule has 0 heterocycles. The van der Waals surface area contributed by atoms with Crippen molar-refractivity contribution in [3.8, 4) is 11.5 Å². The van der Waals surface area contributed by atoms with Gasteiger partial charge < -0.3 is 15.2 Å². The molecule has 0 aliphatic carbocycles. The van der Waals surface area contributed by atoms with E-state index in [4.69, 9.17) is 15.2 Å². The summed E-state index contributed by atoms with van der Waals surface area (Å²) in [5, 5.41) is 0. The molecule has 0 aliphatic rings.